The molecular formula is C9H9N2O3S-. The van der Waals surface area contributed by atoms with Gasteiger partial charge in [-0.15, -0.1) is 0 Å². The summed E-state index contributed by atoms with van der Waals surface area (Å²) in [4.78, 5) is 0. The first-order valence-electron chi connectivity index (χ1n) is 4.31. The number of aryl methyl sites for hydroxylation is 1. The Morgan fingerprint density at radius 1 is 1.53 bits per heavy atom. The lowest BCUT2D eigenvalue weighted by atomic mass is 10.3. The number of hydrogen-bond donors (Lipinski definition) is 0. The van der Waals surface area contributed by atoms with Gasteiger partial charge in [-0.25, -0.2) is 0 Å². The Morgan fingerprint density at radius 3 is 2.80 bits per heavy atom. The fraction of sp³-hybridized carbons (Fsp3) is 0.222. The minimum atomic E-state index is -2.28. The molecule has 6 heteroatoms. The van der Waals surface area contributed by atoms with Crippen molar-refractivity contribution in [1.82, 2.24) is 9.72 Å². The fourth-order valence-corrected chi connectivity index (χ4v) is 1.79. The normalized spacial score (nSPS) is 13.0. The second-order valence-corrected chi connectivity index (χ2v) is 4.04. The molecule has 1 unspecified atom stereocenters. The first-order chi connectivity index (χ1) is 7.11. The summed E-state index contributed by atoms with van der Waals surface area (Å²) in [5.74, 6) is 0.441. The molecule has 0 aliphatic rings. The van der Waals surface area contributed by atoms with Crippen molar-refractivity contribution in [2.45, 2.75) is 18.9 Å². The molecule has 0 radical (unpaired) electrons. The molecule has 80 valence electrons. The van der Waals surface area contributed by atoms with Gasteiger partial charge in [-0.3, -0.25) is 8.78 Å². The SMILES string of the molecule is Cc1noc(-n2cccc2S(=O)[O-])c1C. The van der Waals surface area contributed by atoms with Crippen LogP contribution >= 0.6 is 0 Å². The molecule has 1 atom stereocenters. The van der Waals surface area contributed by atoms with Gasteiger partial charge in [-0.2, -0.15) is 0 Å². The van der Waals surface area contributed by atoms with E-state index in [-0.39, 0.29) is 5.03 Å². The summed E-state index contributed by atoms with van der Waals surface area (Å²) in [6.45, 7) is 3.64. The maximum absolute atomic E-state index is 10.9. The predicted molar refractivity (Wildman–Crippen MR) is 52.5 cm³/mol. The molecule has 5 nitrogen and oxygen atoms in total. The minimum Gasteiger partial charge on any atom is -0.767 e. The molecule has 0 saturated heterocycles. The summed E-state index contributed by atoms with van der Waals surface area (Å²) in [5.41, 5.74) is 1.58. The van der Waals surface area contributed by atoms with Crippen LogP contribution < -0.4 is 0 Å². The van der Waals surface area contributed by atoms with E-state index in [0.717, 1.165) is 11.3 Å². The van der Waals surface area contributed by atoms with Crippen molar-refractivity contribution < 1.29 is 13.3 Å². The first-order valence-corrected chi connectivity index (χ1v) is 5.38. The van der Waals surface area contributed by atoms with E-state index >= 15 is 0 Å². The molecule has 0 spiro atoms. The van der Waals surface area contributed by atoms with Crippen LogP contribution in [-0.2, 0) is 11.1 Å². The van der Waals surface area contributed by atoms with Crippen LogP contribution in [0.2, 0.25) is 0 Å². The van der Waals surface area contributed by atoms with Crippen molar-refractivity contribution >= 4 is 11.1 Å². The average Bonchev–Trinajstić information content (AvgIpc) is 2.75. The molecule has 0 saturated carbocycles. The maximum atomic E-state index is 10.9. The van der Waals surface area contributed by atoms with E-state index in [1.807, 2.05) is 6.92 Å². The summed E-state index contributed by atoms with van der Waals surface area (Å²) in [7, 11) is 0. The van der Waals surface area contributed by atoms with Crippen LogP contribution in [0.15, 0.2) is 27.9 Å². The van der Waals surface area contributed by atoms with Gasteiger partial charge >= 0.3 is 0 Å². The zero-order valence-electron chi connectivity index (χ0n) is 8.26. The van der Waals surface area contributed by atoms with Crippen LogP contribution in [0.1, 0.15) is 11.3 Å². The maximum Gasteiger partial charge on any atom is 0.239 e. The van der Waals surface area contributed by atoms with Gasteiger partial charge in [0.1, 0.15) is 0 Å². The molecule has 15 heavy (non-hydrogen) atoms. The number of aromatic nitrogens is 2. The van der Waals surface area contributed by atoms with Crippen molar-refractivity contribution in [2.75, 3.05) is 0 Å². The van der Waals surface area contributed by atoms with E-state index in [0.29, 0.717) is 5.88 Å². The molecule has 0 N–H and O–H groups in total. The van der Waals surface area contributed by atoms with Crippen molar-refractivity contribution in [3.8, 4) is 5.88 Å². The van der Waals surface area contributed by atoms with E-state index in [1.54, 1.807) is 19.2 Å². The molecule has 0 fully saturated rings. The summed E-state index contributed by atoms with van der Waals surface area (Å²) < 4.78 is 28.3. The molecular weight excluding hydrogens is 216 g/mol. The molecule has 2 rings (SSSR count). The number of nitrogens with zero attached hydrogens (tertiary/aromatic N) is 2. The second kappa shape index (κ2) is 3.63. The Morgan fingerprint density at radius 2 is 2.27 bits per heavy atom. The highest BCUT2D eigenvalue weighted by atomic mass is 32.2. The molecule has 0 aliphatic carbocycles. The summed E-state index contributed by atoms with van der Waals surface area (Å²) in [6.07, 6.45) is 1.62. The highest BCUT2D eigenvalue weighted by molar-refractivity contribution is 7.79. The molecule has 2 heterocycles. The van der Waals surface area contributed by atoms with Crippen molar-refractivity contribution in [3.05, 3.63) is 29.6 Å². The Balaban J connectivity index is 2.59. The van der Waals surface area contributed by atoms with Crippen LogP contribution in [-0.4, -0.2) is 18.5 Å². The van der Waals surface area contributed by atoms with Gasteiger partial charge in [0.05, 0.1) is 10.7 Å². The van der Waals surface area contributed by atoms with Crippen LogP contribution in [0.25, 0.3) is 5.88 Å². The second-order valence-electron chi connectivity index (χ2n) is 3.15. The Hall–Kier alpha value is -1.40. The lowest BCUT2D eigenvalue weighted by molar-refractivity contribution is 0.395. The van der Waals surface area contributed by atoms with Crippen molar-refractivity contribution in [1.29, 1.82) is 0 Å². The van der Waals surface area contributed by atoms with Gasteiger partial charge < -0.3 is 9.08 Å². The summed E-state index contributed by atoms with van der Waals surface area (Å²) in [5, 5.41) is 3.94. The zero-order valence-corrected chi connectivity index (χ0v) is 9.08. The highest BCUT2D eigenvalue weighted by Crippen LogP contribution is 2.20. The van der Waals surface area contributed by atoms with Crippen LogP contribution in [0, 0.1) is 13.8 Å². The number of hydrogen-bond acceptors (Lipinski definition) is 4. The average molecular weight is 225 g/mol. The molecule has 2 aromatic rings. The Labute approximate surface area is 89.0 Å². The van der Waals surface area contributed by atoms with Gasteiger partial charge in [0.25, 0.3) is 0 Å². The molecule has 0 amide bonds. The summed E-state index contributed by atoms with van der Waals surface area (Å²) >= 11 is -2.28. The van der Waals surface area contributed by atoms with Gasteiger partial charge in [-0.05, 0) is 37.1 Å². The molecule has 0 bridgehead atoms. The molecule has 0 aliphatic heterocycles. The molecule has 0 aromatic carbocycles. The largest absolute Gasteiger partial charge is 0.767 e. The minimum absolute atomic E-state index is 0.161. The van der Waals surface area contributed by atoms with Gasteiger partial charge in [0, 0.05) is 11.8 Å². The van der Waals surface area contributed by atoms with Gasteiger partial charge in [0.15, 0.2) is 0 Å². The van der Waals surface area contributed by atoms with Gasteiger partial charge in [-0.1, -0.05) is 5.16 Å². The van der Waals surface area contributed by atoms with E-state index < -0.39 is 11.1 Å². The third kappa shape index (κ3) is 1.62. The number of rotatable bonds is 2. The van der Waals surface area contributed by atoms with E-state index in [1.165, 1.54) is 10.6 Å². The Bertz CT molecular complexity index is 515. The zero-order chi connectivity index (χ0) is 11.0. The third-order valence-corrected chi connectivity index (χ3v) is 2.91. The summed E-state index contributed by atoms with van der Waals surface area (Å²) in [6, 6.07) is 3.14. The lowest BCUT2D eigenvalue weighted by Gasteiger charge is -2.08. The van der Waals surface area contributed by atoms with E-state index in [4.69, 9.17) is 4.52 Å². The standard InChI is InChI=1S/C9H10N2O3S/c1-6-7(2)10-14-9(6)11-5-3-4-8(11)15(12)13/h3-5H,1-2H3,(H,12,13)/p-1. The van der Waals surface area contributed by atoms with Crippen LogP contribution in [0.5, 0.6) is 0 Å². The first kappa shape index (κ1) is 10.1. The van der Waals surface area contributed by atoms with Crippen molar-refractivity contribution in [3.63, 3.8) is 0 Å². The lowest BCUT2D eigenvalue weighted by Crippen LogP contribution is -2.01. The smallest absolute Gasteiger partial charge is 0.239 e. The van der Waals surface area contributed by atoms with Crippen LogP contribution in [0.3, 0.4) is 0 Å². The van der Waals surface area contributed by atoms with Crippen LogP contribution in [0.4, 0.5) is 0 Å². The quantitative estimate of drug-likeness (QED) is 0.722. The Kier molecular flexibility index (Phi) is 2.45. The molecule has 2 aromatic heterocycles. The van der Waals surface area contributed by atoms with Gasteiger partial charge in [0.2, 0.25) is 5.88 Å². The topological polar surface area (TPSA) is 71.1 Å². The van der Waals surface area contributed by atoms with E-state index in [9.17, 15) is 8.76 Å². The monoisotopic (exact) mass is 225 g/mol. The van der Waals surface area contributed by atoms with E-state index in [2.05, 4.69) is 5.16 Å². The third-order valence-electron chi connectivity index (χ3n) is 2.23. The predicted octanol–water partition coefficient (Wildman–Crippen LogP) is 1.32. The van der Waals surface area contributed by atoms with Crippen molar-refractivity contribution in [2.24, 2.45) is 0 Å². The highest BCUT2D eigenvalue weighted by Gasteiger charge is 2.13. The fourth-order valence-electron chi connectivity index (χ4n) is 1.30.